The van der Waals surface area contributed by atoms with Crippen LogP contribution in [0.1, 0.15) is 50.9 Å². The van der Waals surface area contributed by atoms with Gasteiger partial charge in [-0.1, -0.05) is 6.92 Å². The molecular formula is C26H34N4O5S2. The Balaban J connectivity index is 1.37. The molecule has 11 heteroatoms. The first-order chi connectivity index (χ1) is 17.7. The molecule has 1 atom stereocenters. The van der Waals surface area contributed by atoms with E-state index in [1.165, 1.54) is 27.8 Å². The predicted molar refractivity (Wildman–Crippen MR) is 143 cm³/mol. The lowest BCUT2D eigenvalue weighted by molar-refractivity contribution is 0.0303. The maximum Gasteiger partial charge on any atom is 0.257 e. The van der Waals surface area contributed by atoms with Crippen molar-refractivity contribution in [1.29, 1.82) is 0 Å². The van der Waals surface area contributed by atoms with Gasteiger partial charge in [-0.3, -0.25) is 9.59 Å². The lowest BCUT2D eigenvalue weighted by Gasteiger charge is -2.30. The SMILES string of the molecule is CC1CCCN(S(=O)(=O)c2ccc(C(=O)Nc3sc4c(c3C(=O)N3CCOCC3)CCN(C)C4)cc2)C1. The molecule has 1 aromatic heterocycles. The van der Waals surface area contributed by atoms with Crippen molar-refractivity contribution in [1.82, 2.24) is 14.1 Å². The molecule has 4 heterocycles. The number of thiophene rings is 1. The molecule has 9 nitrogen and oxygen atoms in total. The van der Waals surface area contributed by atoms with E-state index in [0.717, 1.165) is 42.8 Å². The number of benzene rings is 1. The van der Waals surface area contributed by atoms with Crippen molar-refractivity contribution in [3.63, 3.8) is 0 Å². The van der Waals surface area contributed by atoms with Crippen LogP contribution in [0.2, 0.25) is 0 Å². The van der Waals surface area contributed by atoms with Crippen molar-refractivity contribution in [3.8, 4) is 0 Å². The maximum absolute atomic E-state index is 13.5. The van der Waals surface area contributed by atoms with Gasteiger partial charge in [0.05, 0.1) is 23.7 Å². The van der Waals surface area contributed by atoms with E-state index in [1.807, 2.05) is 7.05 Å². The molecular weight excluding hydrogens is 512 g/mol. The van der Waals surface area contributed by atoms with Crippen LogP contribution >= 0.6 is 11.3 Å². The Hall–Kier alpha value is -2.31. The number of nitrogens with zero attached hydrogens (tertiary/aromatic N) is 3. The van der Waals surface area contributed by atoms with Gasteiger partial charge < -0.3 is 19.9 Å². The zero-order valence-corrected chi connectivity index (χ0v) is 23.0. The molecule has 0 bridgehead atoms. The lowest BCUT2D eigenvalue weighted by Crippen LogP contribution is -2.41. The number of morpholine rings is 1. The zero-order valence-electron chi connectivity index (χ0n) is 21.4. The third kappa shape index (κ3) is 5.46. The molecule has 2 fully saturated rings. The van der Waals surface area contributed by atoms with E-state index in [1.54, 1.807) is 17.0 Å². The van der Waals surface area contributed by atoms with E-state index in [-0.39, 0.29) is 16.7 Å². The number of amides is 2. The third-order valence-corrected chi connectivity index (χ3v) is 10.4. The number of nitrogens with one attached hydrogen (secondary N) is 1. The molecule has 0 aliphatic carbocycles. The van der Waals surface area contributed by atoms with E-state index in [4.69, 9.17) is 4.74 Å². The van der Waals surface area contributed by atoms with Gasteiger partial charge in [-0.2, -0.15) is 4.31 Å². The van der Waals surface area contributed by atoms with Gasteiger partial charge in [0.25, 0.3) is 11.8 Å². The summed E-state index contributed by atoms with van der Waals surface area (Å²) in [6, 6.07) is 6.08. The second-order valence-electron chi connectivity index (χ2n) is 10.2. The molecule has 0 radical (unpaired) electrons. The molecule has 3 aliphatic heterocycles. The molecule has 2 aromatic rings. The summed E-state index contributed by atoms with van der Waals surface area (Å²) in [5, 5.41) is 3.52. The number of hydrogen-bond acceptors (Lipinski definition) is 7. The van der Waals surface area contributed by atoms with Crippen LogP contribution in [-0.2, 0) is 27.7 Å². The third-order valence-electron chi connectivity index (χ3n) is 7.36. The van der Waals surface area contributed by atoms with Gasteiger partial charge in [0.1, 0.15) is 5.00 Å². The molecule has 0 spiro atoms. The van der Waals surface area contributed by atoms with Crippen LogP contribution < -0.4 is 5.32 Å². The summed E-state index contributed by atoms with van der Waals surface area (Å²) in [6.07, 6.45) is 2.64. The second-order valence-corrected chi connectivity index (χ2v) is 13.2. The summed E-state index contributed by atoms with van der Waals surface area (Å²) >= 11 is 1.45. The Morgan fingerprint density at radius 3 is 2.51 bits per heavy atom. The lowest BCUT2D eigenvalue weighted by atomic mass is 10.0. The van der Waals surface area contributed by atoms with Crippen LogP contribution in [0.3, 0.4) is 0 Å². The minimum Gasteiger partial charge on any atom is -0.378 e. The van der Waals surface area contributed by atoms with Gasteiger partial charge in [0, 0.05) is 49.7 Å². The molecule has 37 heavy (non-hydrogen) atoms. The quantitative estimate of drug-likeness (QED) is 0.619. The highest BCUT2D eigenvalue weighted by Gasteiger charge is 2.32. The summed E-state index contributed by atoms with van der Waals surface area (Å²) in [6.45, 7) is 6.77. The largest absolute Gasteiger partial charge is 0.378 e. The topological polar surface area (TPSA) is 99.3 Å². The highest BCUT2D eigenvalue weighted by molar-refractivity contribution is 7.89. The van der Waals surface area contributed by atoms with E-state index in [0.29, 0.717) is 61.4 Å². The summed E-state index contributed by atoms with van der Waals surface area (Å²) in [5.41, 5.74) is 1.95. The fourth-order valence-electron chi connectivity index (χ4n) is 5.24. The van der Waals surface area contributed by atoms with Crippen molar-refractivity contribution < 1.29 is 22.7 Å². The second kappa shape index (κ2) is 10.8. The Labute approximate surface area is 222 Å². The predicted octanol–water partition coefficient (Wildman–Crippen LogP) is 2.88. The van der Waals surface area contributed by atoms with Crippen LogP contribution in [-0.4, -0.2) is 87.3 Å². The monoisotopic (exact) mass is 546 g/mol. The number of hydrogen-bond donors (Lipinski definition) is 1. The molecule has 1 unspecified atom stereocenters. The standard InChI is InChI=1S/C26H34N4O5S2/c1-18-4-3-10-30(16-18)37(33,34)20-7-5-19(6-8-20)24(31)27-25-23(26(32)29-12-14-35-15-13-29)21-9-11-28(2)17-22(21)36-25/h5-8,18H,3-4,9-17H2,1-2H3,(H,27,31). The number of sulfonamides is 1. The van der Waals surface area contributed by atoms with Crippen LogP contribution in [0.15, 0.2) is 29.2 Å². The highest BCUT2D eigenvalue weighted by atomic mass is 32.2. The van der Waals surface area contributed by atoms with Gasteiger partial charge in [-0.15, -0.1) is 11.3 Å². The van der Waals surface area contributed by atoms with Gasteiger partial charge >= 0.3 is 0 Å². The van der Waals surface area contributed by atoms with Crippen LogP contribution in [0.5, 0.6) is 0 Å². The van der Waals surface area contributed by atoms with E-state index < -0.39 is 10.0 Å². The summed E-state index contributed by atoms with van der Waals surface area (Å²) < 4.78 is 33.1. The summed E-state index contributed by atoms with van der Waals surface area (Å²) in [7, 11) is -1.55. The van der Waals surface area contributed by atoms with E-state index in [2.05, 4.69) is 17.1 Å². The smallest absolute Gasteiger partial charge is 0.257 e. The fraction of sp³-hybridized carbons (Fsp3) is 0.538. The minimum atomic E-state index is -3.60. The van der Waals surface area contributed by atoms with Crippen LogP contribution in [0.4, 0.5) is 5.00 Å². The van der Waals surface area contributed by atoms with E-state index in [9.17, 15) is 18.0 Å². The van der Waals surface area contributed by atoms with Crippen molar-refractivity contribution in [2.75, 3.05) is 58.3 Å². The van der Waals surface area contributed by atoms with Gasteiger partial charge in [0.15, 0.2) is 0 Å². The van der Waals surface area contributed by atoms with Crippen LogP contribution in [0.25, 0.3) is 0 Å². The number of ether oxygens (including phenoxy) is 1. The van der Waals surface area contributed by atoms with Crippen LogP contribution in [0, 0.1) is 5.92 Å². The number of likely N-dealkylation sites (N-methyl/N-ethyl adjacent to an activating group) is 1. The van der Waals surface area contributed by atoms with Gasteiger partial charge in [0.2, 0.25) is 10.0 Å². The Morgan fingerprint density at radius 1 is 1.08 bits per heavy atom. The van der Waals surface area contributed by atoms with Crippen molar-refractivity contribution >= 4 is 38.2 Å². The first-order valence-electron chi connectivity index (χ1n) is 12.9. The Morgan fingerprint density at radius 2 is 1.81 bits per heavy atom. The first kappa shape index (κ1) is 26.3. The molecule has 200 valence electrons. The average Bonchev–Trinajstić information content (AvgIpc) is 3.25. The summed E-state index contributed by atoms with van der Waals surface area (Å²) in [4.78, 5) is 32.0. The molecule has 2 saturated heterocycles. The number of piperidine rings is 1. The molecule has 3 aliphatic rings. The normalized spacial score (nSPS) is 21.5. The number of anilines is 1. The molecule has 5 rings (SSSR count). The Bertz CT molecular complexity index is 1270. The Kier molecular flexibility index (Phi) is 7.69. The van der Waals surface area contributed by atoms with Crippen molar-refractivity contribution in [2.45, 2.75) is 37.6 Å². The molecule has 0 saturated carbocycles. The minimum absolute atomic E-state index is 0.0714. The van der Waals surface area contributed by atoms with Gasteiger partial charge in [-0.25, -0.2) is 8.42 Å². The number of rotatable bonds is 5. The number of carbonyl (C=O) groups excluding carboxylic acids is 2. The maximum atomic E-state index is 13.5. The highest BCUT2D eigenvalue weighted by Crippen LogP contribution is 2.38. The van der Waals surface area contributed by atoms with Crippen molar-refractivity contribution in [2.24, 2.45) is 5.92 Å². The first-order valence-corrected chi connectivity index (χ1v) is 15.1. The molecule has 1 N–H and O–H groups in total. The number of carbonyl (C=O) groups is 2. The average molecular weight is 547 g/mol. The molecule has 1 aromatic carbocycles. The molecule has 2 amide bonds. The number of fused-ring (bicyclic) bond motifs is 1. The fourth-order valence-corrected chi connectivity index (χ4v) is 8.15. The zero-order chi connectivity index (χ0) is 26.2. The van der Waals surface area contributed by atoms with Gasteiger partial charge in [-0.05, 0) is 62.1 Å². The summed E-state index contributed by atoms with van der Waals surface area (Å²) in [5.74, 6) is -0.101. The van der Waals surface area contributed by atoms with Crippen molar-refractivity contribution in [3.05, 3.63) is 45.8 Å². The van der Waals surface area contributed by atoms with E-state index >= 15 is 0 Å².